The Morgan fingerprint density at radius 3 is 2.34 bits per heavy atom. The average Bonchev–Trinajstić information content (AvgIpc) is 3.28. The molecule has 2 amide bonds. The van der Waals surface area contributed by atoms with Crippen LogP contribution in [0.15, 0.2) is 60.7 Å². The van der Waals surface area contributed by atoms with E-state index in [1.165, 1.54) is 12.1 Å². The second-order valence-electron chi connectivity index (χ2n) is 8.35. The molecule has 0 radical (unpaired) electrons. The number of carbonyl (C=O) groups excluding carboxylic acids is 2. The number of piperazine rings is 1. The van der Waals surface area contributed by atoms with E-state index < -0.39 is 0 Å². The van der Waals surface area contributed by atoms with Gasteiger partial charge in [-0.2, -0.15) is 0 Å². The quantitative estimate of drug-likeness (QED) is 0.466. The standard InChI is InChI=1S/C27H30FN3O3S/c1-3-22-18-23(26(35-22)29-25(32)20-8-6-5-7-9-20)24(19-10-12-21(28)13-11-19)30-14-16-31(17-15-30)27(33)34-4-2/h5-13,18,24H,3-4,14-17H2,1-2H3,(H,29,32)/t24-/m1/s1. The minimum atomic E-state index is -0.301. The monoisotopic (exact) mass is 495 g/mol. The highest BCUT2D eigenvalue weighted by Crippen LogP contribution is 2.40. The maximum Gasteiger partial charge on any atom is 0.409 e. The topological polar surface area (TPSA) is 61.9 Å². The van der Waals surface area contributed by atoms with Crippen molar-refractivity contribution in [2.45, 2.75) is 26.3 Å². The summed E-state index contributed by atoms with van der Waals surface area (Å²) in [6, 6.07) is 17.6. The number of hydrogen-bond donors (Lipinski definition) is 1. The van der Waals surface area contributed by atoms with E-state index in [4.69, 9.17) is 4.74 Å². The van der Waals surface area contributed by atoms with Gasteiger partial charge in [-0.3, -0.25) is 9.69 Å². The molecule has 0 spiro atoms. The van der Waals surface area contributed by atoms with Crippen LogP contribution in [0, 0.1) is 5.82 Å². The number of anilines is 1. The van der Waals surface area contributed by atoms with Crippen LogP contribution >= 0.6 is 11.3 Å². The van der Waals surface area contributed by atoms with Crippen molar-refractivity contribution in [3.8, 4) is 0 Å². The van der Waals surface area contributed by atoms with Crippen LogP contribution in [-0.2, 0) is 11.2 Å². The number of hydrogen-bond acceptors (Lipinski definition) is 5. The van der Waals surface area contributed by atoms with Crippen LogP contribution in [0.3, 0.4) is 0 Å². The van der Waals surface area contributed by atoms with Gasteiger partial charge in [-0.05, 0) is 49.2 Å². The van der Waals surface area contributed by atoms with Gasteiger partial charge in [0.05, 0.1) is 12.6 Å². The molecule has 184 valence electrons. The van der Waals surface area contributed by atoms with Crippen LogP contribution in [0.1, 0.15) is 46.3 Å². The summed E-state index contributed by atoms with van der Waals surface area (Å²) in [4.78, 5) is 30.3. The van der Waals surface area contributed by atoms with Crippen LogP contribution in [0.5, 0.6) is 0 Å². The van der Waals surface area contributed by atoms with Crippen molar-refractivity contribution in [2.75, 3.05) is 38.1 Å². The van der Waals surface area contributed by atoms with Gasteiger partial charge in [0.2, 0.25) is 0 Å². The van der Waals surface area contributed by atoms with Gasteiger partial charge < -0.3 is 15.0 Å². The van der Waals surface area contributed by atoms with E-state index in [0.717, 1.165) is 27.4 Å². The molecular formula is C27H30FN3O3S. The van der Waals surface area contributed by atoms with E-state index in [1.807, 2.05) is 18.2 Å². The van der Waals surface area contributed by atoms with Gasteiger partial charge in [0.1, 0.15) is 10.8 Å². The number of carbonyl (C=O) groups is 2. The van der Waals surface area contributed by atoms with Crippen molar-refractivity contribution in [2.24, 2.45) is 0 Å². The number of aryl methyl sites for hydroxylation is 1. The van der Waals surface area contributed by atoms with E-state index >= 15 is 0 Å². The summed E-state index contributed by atoms with van der Waals surface area (Å²) in [7, 11) is 0. The lowest BCUT2D eigenvalue weighted by Crippen LogP contribution is -2.50. The second kappa shape index (κ2) is 11.5. The number of halogens is 1. The van der Waals surface area contributed by atoms with E-state index in [0.29, 0.717) is 38.3 Å². The molecule has 1 N–H and O–H groups in total. The first-order chi connectivity index (χ1) is 17.0. The lowest BCUT2D eigenvalue weighted by atomic mass is 9.97. The molecule has 1 atom stereocenters. The Bertz CT molecular complexity index is 1140. The molecule has 1 aliphatic heterocycles. The van der Waals surface area contributed by atoms with Crippen LogP contribution in [0.25, 0.3) is 0 Å². The fourth-order valence-corrected chi connectivity index (χ4v) is 5.33. The molecule has 1 fully saturated rings. The zero-order valence-electron chi connectivity index (χ0n) is 20.0. The van der Waals surface area contributed by atoms with Gasteiger partial charge in [-0.15, -0.1) is 11.3 Å². The molecule has 1 aliphatic rings. The van der Waals surface area contributed by atoms with E-state index in [1.54, 1.807) is 47.4 Å². The lowest BCUT2D eigenvalue weighted by Gasteiger charge is -2.39. The average molecular weight is 496 g/mol. The number of benzene rings is 2. The SMILES string of the molecule is CCOC(=O)N1CCN([C@H](c2ccc(F)cc2)c2cc(CC)sc2NC(=O)c2ccccc2)CC1. The summed E-state index contributed by atoms with van der Waals surface area (Å²) in [5, 5.41) is 3.91. The molecule has 35 heavy (non-hydrogen) atoms. The number of nitrogens with zero attached hydrogens (tertiary/aromatic N) is 2. The Morgan fingerprint density at radius 1 is 1.03 bits per heavy atom. The molecule has 0 saturated carbocycles. The van der Waals surface area contributed by atoms with E-state index in [9.17, 15) is 14.0 Å². The first kappa shape index (κ1) is 24.9. The fraction of sp³-hybridized carbons (Fsp3) is 0.333. The van der Waals surface area contributed by atoms with Crippen LogP contribution in [0.2, 0.25) is 0 Å². The molecule has 1 saturated heterocycles. The smallest absolute Gasteiger partial charge is 0.409 e. The summed E-state index contributed by atoms with van der Waals surface area (Å²) < 4.78 is 18.9. The van der Waals surface area contributed by atoms with Gasteiger partial charge in [-0.25, -0.2) is 9.18 Å². The summed E-state index contributed by atoms with van der Waals surface area (Å²) in [6.45, 7) is 6.56. The molecule has 0 unspecified atom stereocenters. The normalized spacial score (nSPS) is 15.0. The Kier molecular flexibility index (Phi) is 8.15. The highest BCUT2D eigenvalue weighted by Gasteiger charge is 2.31. The summed E-state index contributed by atoms with van der Waals surface area (Å²) in [6.07, 6.45) is 0.538. The summed E-state index contributed by atoms with van der Waals surface area (Å²) >= 11 is 1.57. The molecule has 2 heterocycles. The Balaban J connectivity index is 1.66. The molecule has 0 bridgehead atoms. The molecule has 8 heteroatoms. The number of thiophene rings is 1. The fourth-order valence-electron chi connectivity index (χ4n) is 4.31. The zero-order chi connectivity index (χ0) is 24.8. The first-order valence-electron chi connectivity index (χ1n) is 11.9. The Hall–Kier alpha value is -3.23. The third kappa shape index (κ3) is 5.89. The van der Waals surface area contributed by atoms with Gasteiger partial charge in [0.25, 0.3) is 5.91 Å². The van der Waals surface area contributed by atoms with Crippen molar-refractivity contribution in [1.82, 2.24) is 9.80 Å². The first-order valence-corrected chi connectivity index (χ1v) is 12.7. The van der Waals surface area contributed by atoms with Crippen LogP contribution < -0.4 is 5.32 Å². The van der Waals surface area contributed by atoms with Crippen LogP contribution in [0.4, 0.5) is 14.2 Å². The molecule has 1 aromatic heterocycles. The third-order valence-electron chi connectivity index (χ3n) is 6.11. The van der Waals surface area contributed by atoms with Gasteiger partial charge in [0, 0.05) is 42.2 Å². The van der Waals surface area contributed by atoms with Crippen molar-refractivity contribution in [3.05, 3.63) is 88.0 Å². The number of nitrogens with one attached hydrogen (secondary N) is 1. The number of amides is 2. The lowest BCUT2D eigenvalue weighted by molar-refractivity contribution is 0.0715. The maximum atomic E-state index is 13.8. The minimum absolute atomic E-state index is 0.165. The highest BCUT2D eigenvalue weighted by atomic mass is 32.1. The maximum absolute atomic E-state index is 13.8. The molecule has 0 aliphatic carbocycles. The van der Waals surface area contributed by atoms with Crippen molar-refractivity contribution < 1.29 is 18.7 Å². The molecule has 2 aromatic carbocycles. The summed E-state index contributed by atoms with van der Waals surface area (Å²) in [5.74, 6) is -0.460. The number of rotatable bonds is 7. The summed E-state index contributed by atoms with van der Waals surface area (Å²) in [5.41, 5.74) is 2.50. The van der Waals surface area contributed by atoms with E-state index in [-0.39, 0.29) is 23.9 Å². The molecule has 3 aromatic rings. The second-order valence-corrected chi connectivity index (χ2v) is 9.48. The predicted octanol–water partition coefficient (Wildman–Crippen LogP) is 5.57. The molecular weight excluding hydrogens is 465 g/mol. The third-order valence-corrected chi connectivity index (χ3v) is 7.32. The van der Waals surface area contributed by atoms with Gasteiger partial charge in [-0.1, -0.05) is 37.3 Å². The van der Waals surface area contributed by atoms with E-state index in [2.05, 4.69) is 23.2 Å². The van der Waals surface area contributed by atoms with Crippen molar-refractivity contribution in [1.29, 1.82) is 0 Å². The Labute approximate surface area is 209 Å². The zero-order valence-corrected chi connectivity index (χ0v) is 20.8. The number of ether oxygens (including phenoxy) is 1. The minimum Gasteiger partial charge on any atom is -0.450 e. The molecule has 6 nitrogen and oxygen atoms in total. The predicted molar refractivity (Wildman–Crippen MR) is 137 cm³/mol. The largest absolute Gasteiger partial charge is 0.450 e. The van der Waals surface area contributed by atoms with Gasteiger partial charge >= 0.3 is 6.09 Å². The van der Waals surface area contributed by atoms with Crippen LogP contribution in [-0.4, -0.2) is 54.6 Å². The highest BCUT2D eigenvalue weighted by molar-refractivity contribution is 7.16. The van der Waals surface area contributed by atoms with Crippen molar-refractivity contribution in [3.63, 3.8) is 0 Å². The van der Waals surface area contributed by atoms with Crippen molar-refractivity contribution >= 4 is 28.3 Å². The molecule has 4 rings (SSSR count). The van der Waals surface area contributed by atoms with Gasteiger partial charge in [0.15, 0.2) is 0 Å². The Morgan fingerprint density at radius 2 is 1.71 bits per heavy atom.